The number of hydrogen-bond donors (Lipinski definition) is 2. The van der Waals surface area contributed by atoms with Gasteiger partial charge in [-0.3, -0.25) is 9.59 Å². The molecule has 0 unspecified atom stereocenters. The fourth-order valence-electron chi connectivity index (χ4n) is 2.41. The van der Waals surface area contributed by atoms with Crippen LogP contribution in [-0.2, 0) is 22.2 Å². The fourth-order valence-corrected chi connectivity index (χ4v) is 4.05. The maximum atomic E-state index is 12.9. The highest BCUT2D eigenvalue weighted by Gasteiger charge is 2.30. The predicted molar refractivity (Wildman–Crippen MR) is 112 cm³/mol. The molecule has 11 heteroatoms. The van der Waals surface area contributed by atoms with Crippen molar-refractivity contribution in [3.05, 3.63) is 71.0 Å². The topological polar surface area (TPSA) is 71.1 Å². The minimum Gasteiger partial charge on any atom is -0.326 e. The van der Waals surface area contributed by atoms with Crippen molar-refractivity contribution >= 4 is 46.3 Å². The van der Waals surface area contributed by atoms with Crippen LogP contribution in [0.15, 0.2) is 58.3 Å². The first-order valence-electron chi connectivity index (χ1n) is 8.79. The molecular formula is C20H15F4N3O2S2. The Morgan fingerprint density at radius 1 is 0.935 bits per heavy atom. The molecule has 0 atom stereocenters. The first-order chi connectivity index (χ1) is 14.7. The molecule has 1 heterocycles. The van der Waals surface area contributed by atoms with Crippen LogP contribution < -0.4 is 10.6 Å². The van der Waals surface area contributed by atoms with Crippen LogP contribution in [0.1, 0.15) is 11.3 Å². The van der Waals surface area contributed by atoms with Gasteiger partial charge in [-0.2, -0.15) is 13.2 Å². The Hall–Kier alpha value is -2.92. The molecule has 0 saturated carbocycles. The van der Waals surface area contributed by atoms with Crippen molar-refractivity contribution in [1.82, 2.24) is 4.98 Å². The van der Waals surface area contributed by atoms with E-state index in [4.69, 9.17) is 0 Å². The van der Waals surface area contributed by atoms with Crippen LogP contribution in [0.3, 0.4) is 0 Å². The number of thioether (sulfide) groups is 1. The largest absolute Gasteiger partial charge is 0.416 e. The average Bonchev–Trinajstić information content (AvgIpc) is 3.15. The van der Waals surface area contributed by atoms with Gasteiger partial charge in [-0.25, -0.2) is 9.37 Å². The second kappa shape index (κ2) is 9.92. The third kappa shape index (κ3) is 7.07. The van der Waals surface area contributed by atoms with Crippen LogP contribution in [0.4, 0.5) is 28.9 Å². The lowest BCUT2D eigenvalue weighted by Gasteiger charge is -2.08. The molecule has 0 radical (unpaired) electrons. The molecule has 2 N–H and O–H groups in total. The minimum atomic E-state index is -4.44. The number of thiazole rings is 1. The Morgan fingerprint density at radius 3 is 2.13 bits per heavy atom. The quantitative estimate of drug-likeness (QED) is 0.368. The zero-order valence-corrected chi connectivity index (χ0v) is 17.3. The van der Waals surface area contributed by atoms with Crippen molar-refractivity contribution < 1.29 is 27.2 Å². The summed E-state index contributed by atoms with van der Waals surface area (Å²) in [6.45, 7) is 0. The van der Waals surface area contributed by atoms with Crippen LogP contribution in [0.5, 0.6) is 0 Å². The highest BCUT2D eigenvalue weighted by molar-refractivity contribution is 8.01. The number of nitrogens with one attached hydrogen (secondary N) is 2. The van der Waals surface area contributed by atoms with Gasteiger partial charge in [0.2, 0.25) is 11.8 Å². The number of rotatable bonds is 7. The van der Waals surface area contributed by atoms with E-state index in [2.05, 4.69) is 15.6 Å². The molecule has 31 heavy (non-hydrogen) atoms. The van der Waals surface area contributed by atoms with Crippen LogP contribution in [0.25, 0.3) is 0 Å². The molecule has 0 aliphatic rings. The van der Waals surface area contributed by atoms with E-state index < -0.39 is 23.5 Å². The second-order valence-electron chi connectivity index (χ2n) is 6.25. The van der Waals surface area contributed by atoms with Gasteiger partial charge >= 0.3 is 6.18 Å². The number of benzene rings is 2. The predicted octanol–water partition coefficient (Wildman–Crippen LogP) is 5.21. The molecule has 0 spiro atoms. The summed E-state index contributed by atoms with van der Waals surface area (Å²) in [6, 6.07) is 9.54. The van der Waals surface area contributed by atoms with Gasteiger partial charge in [-0.15, -0.1) is 11.3 Å². The highest BCUT2D eigenvalue weighted by Crippen LogP contribution is 2.30. The molecule has 5 nitrogen and oxygen atoms in total. The van der Waals surface area contributed by atoms with Gasteiger partial charge in [0.05, 0.1) is 23.4 Å². The molecule has 0 bridgehead atoms. The van der Waals surface area contributed by atoms with E-state index in [1.54, 1.807) is 5.38 Å². The lowest BCUT2D eigenvalue weighted by Crippen LogP contribution is -2.15. The lowest BCUT2D eigenvalue weighted by molar-refractivity contribution is -0.137. The van der Waals surface area contributed by atoms with Crippen molar-refractivity contribution in [3.63, 3.8) is 0 Å². The molecule has 3 rings (SSSR count). The van der Waals surface area contributed by atoms with Crippen molar-refractivity contribution in [1.29, 1.82) is 0 Å². The van der Waals surface area contributed by atoms with Gasteiger partial charge in [0.1, 0.15) is 5.82 Å². The normalized spacial score (nSPS) is 11.2. The summed E-state index contributed by atoms with van der Waals surface area (Å²) >= 11 is 2.46. The second-order valence-corrected chi connectivity index (χ2v) is 8.33. The number of amides is 2. The summed E-state index contributed by atoms with van der Waals surface area (Å²) in [5.41, 5.74) is 0.415. The first-order valence-corrected chi connectivity index (χ1v) is 10.7. The highest BCUT2D eigenvalue weighted by atomic mass is 32.2. The van der Waals surface area contributed by atoms with E-state index >= 15 is 0 Å². The van der Waals surface area contributed by atoms with Crippen LogP contribution in [-0.4, -0.2) is 22.6 Å². The van der Waals surface area contributed by atoms with Gasteiger partial charge in [-0.1, -0.05) is 11.8 Å². The first kappa shape index (κ1) is 22.8. The van der Waals surface area contributed by atoms with Crippen molar-refractivity contribution in [2.24, 2.45) is 0 Å². The Kier molecular flexibility index (Phi) is 7.29. The number of aromatic nitrogens is 1. The number of hydrogen-bond acceptors (Lipinski definition) is 5. The zero-order chi connectivity index (χ0) is 22.4. The molecule has 162 valence electrons. The standard InChI is InChI=1S/C20H15F4N3O2S2/c21-13-3-7-15(8-4-13)26-18(29)11-31-19-27-16(10-30-19)9-17(28)25-14-5-1-12(2-6-14)20(22,23)24/h1-8,10H,9,11H2,(H,25,28)(H,26,29). The number of nitrogens with zero attached hydrogens (tertiary/aromatic N) is 1. The zero-order valence-electron chi connectivity index (χ0n) is 15.7. The molecule has 1 aromatic heterocycles. The number of carbonyl (C=O) groups is 2. The summed E-state index contributed by atoms with van der Waals surface area (Å²) in [6.07, 6.45) is -4.49. The molecule has 0 saturated heterocycles. The monoisotopic (exact) mass is 469 g/mol. The van der Waals surface area contributed by atoms with Gasteiger partial charge in [0, 0.05) is 16.8 Å². The maximum absolute atomic E-state index is 12.9. The number of carbonyl (C=O) groups excluding carboxylic acids is 2. The fraction of sp³-hybridized carbons (Fsp3) is 0.150. The number of halogens is 4. The maximum Gasteiger partial charge on any atom is 0.416 e. The minimum absolute atomic E-state index is 0.0557. The van der Waals surface area contributed by atoms with Crippen LogP contribution >= 0.6 is 23.1 Å². The van der Waals surface area contributed by atoms with E-state index in [9.17, 15) is 27.2 Å². The van der Waals surface area contributed by atoms with E-state index in [0.29, 0.717) is 15.7 Å². The van der Waals surface area contributed by atoms with Crippen molar-refractivity contribution in [2.75, 3.05) is 16.4 Å². The lowest BCUT2D eigenvalue weighted by atomic mass is 10.2. The van der Waals surface area contributed by atoms with Crippen LogP contribution in [0, 0.1) is 5.82 Å². The molecule has 2 amide bonds. The molecule has 0 aliphatic heterocycles. The third-order valence-corrected chi connectivity index (χ3v) is 5.89. The third-order valence-electron chi connectivity index (χ3n) is 3.82. The van der Waals surface area contributed by atoms with Crippen LogP contribution in [0.2, 0.25) is 0 Å². The van der Waals surface area contributed by atoms with Gasteiger partial charge in [0.15, 0.2) is 4.34 Å². The van der Waals surface area contributed by atoms with E-state index in [1.807, 2.05) is 0 Å². The summed E-state index contributed by atoms with van der Waals surface area (Å²) in [5, 5.41) is 6.83. The van der Waals surface area contributed by atoms with Crippen molar-refractivity contribution in [2.45, 2.75) is 16.9 Å². The Balaban J connectivity index is 1.46. The Labute approximate surface area is 182 Å². The average molecular weight is 469 g/mol. The smallest absolute Gasteiger partial charge is 0.326 e. The van der Waals surface area contributed by atoms with Gasteiger partial charge in [0.25, 0.3) is 0 Å². The van der Waals surface area contributed by atoms with E-state index in [-0.39, 0.29) is 23.8 Å². The number of anilines is 2. The van der Waals surface area contributed by atoms with Gasteiger partial charge in [-0.05, 0) is 48.5 Å². The summed E-state index contributed by atoms with van der Waals surface area (Å²) in [4.78, 5) is 28.3. The molecule has 3 aromatic rings. The molecule has 0 fully saturated rings. The van der Waals surface area contributed by atoms with Gasteiger partial charge < -0.3 is 10.6 Å². The summed E-state index contributed by atoms with van der Waals surface area (Å²) in [5.74, 6) is -1.02. The summed E-state index contributed by atoms with van der Waals surface area (Å²) < 4.78 is 51.2. The number of alkyl halides is 3. The molecule has 0 aliphatic carbocycles. The SMILES string of the molecule is O=C(CSc1nc(CC(=O)Nc2ccc(C(F)(F)F)cc2)cs1)Nc1ccc(F)cc1. The Morgan fingerprint density at radius 2 is 1.52 bits per heavy atom. The van der Waals surface area contributed by atoms with Crippen molar-refractivity contribution in [3.8, 4) is 0 Å². The Bertz CT molecular complexity index is 1050. The molecular weight excluding hydrogens is 454 g/mol. The van der Waals surface area contributed by atoms with E-state index in [0.717, 1.165) is 12.1 Å². The summed E-state index contributed by atoms with van der Waals surface area (Å²) in [7, 11) is 0. The molecule has 2 aromatic carbocycles. The van der Waals surface area contributed by atoms with E-state index in [1.165, 1.54) is 59.5 Å².